The van der Waals surface area contributed by atoms with Gasteiger partial charge in [0.2, 0.25) is 0 Å². The summed E-state index contributed by atoms with van der Waals surface area (Å²) in [5.74, 6) is -0.227. The summed E-state index contributed by atoms with van der Waals surface area (Å²) in [6.07, 6.45) is 6.44. The number of carbonyl (C=O) groups is 1. The summed E-state index contributed by atoms with van der Waals surface area (Å²) >= 11 is 0. The summed E-state index contributed by atoms with van der Waals surface area (Å²) < 4.78 is 1.49. The van der Waals surface area contributed by atoms with Gasteiger partial charge in [0.05, 0.1) is 23.0 Å². The molecule has 3 aromatic rings. The molecule has 2 heterocycles. The third-order valence-electron chi connectivity index (χ3n) is 4.88. The number of benzene rings is 1. The van der Waals surface area contributed by atoms with Crippen molar-refractivity contribution in [3.05, 3.63) is 64.6 Å². The second-order valence-corrected chi connectivity index (χ2v) is 6.58. The first-order valence-electron chi connectivity index (χ1n) is 8.74. The molecule has 6 nitrogen and oxygen atoms in total. The molecular formula is C20H19N3O3. The van der Waals surface area contributed by atoms with Gasteiger partial charge in [-0.25, -0.2) is 9.78 Å². The number of rotatable bonds is 4. The fraction of sp³-hybridized carbons (Fsp3) is 0.250. The number of carboxylic acid groups (broad SMARTS) is 1. The van der Waals surface area contributed by atoms with Crippen LogP contribution in [0.1, 0.15) is 36.0 Å². The van der Waals surface area contributed by atoms with Crippen LogP contribution in [0.15, 0.2) is 53.5 Å². The Balaban J connectivity index is 1.76. The molecule has 1 aromatic carbocycles. The molecule has 0 spiro atoms. The van der Waals surface area contributed by atoms with Gasteiger partial charge >= 0.3 is 5.97 Å². The van der Waals surface area contributed by atoms with Gasteiger partial charge in [-0.3, -0.25) is 9.36 Å². The molecule has 26 heavy (non-hydrogen) atoms. The van der Waals surface area contributed by atoms with E-state index in [0.717, 1.165) is 18.7 Å². The smallest absolute Gasteiger partial charge is 0.336 e. The van der Waals surface area contributed by atoms with Crippen molar-refractivity contribution in [2.75, 3.05) is 5.32 Å². The molecule has 2 N–H and O–H groups in total. The Morgan fingerprint density at radius 1 is 1.12 bits per heavy atom. The van der Waals surface area contributed by atoms with Crippen LogP contribution in [0.5, 0.6) is 0 Å². The average Bonchev–Trinajstić information content (AvgIpc) is 3.15. The molecule has 1 aliphatic rings. The number of nitrogens with zero attached hydrogens (tertiary/aromatic N) is 2. The molecular weight excluding hydrogens is 330 g/mol. The monoisotopic (exact) mass is 349 g/mol. The van der Waals surface area contributed by atoms with Crippen molar-refractivity contribution in [2.24, 2.45) is 0 Å². The minimum Gasteiger partial charge on any atom is -0.478 e. The lowest BCUT2D eigenvalue weighted by atomic mass is 10.1. The SMILES string of the molecule is O=C(O)c1cccc2c1ccc(=O)n2-c1ccc(NC2CCCC2)nc1. The Morgan fingerprint density at radius 3 is 2.62 bits per heavy atom. The minimum absolute atomic E-state index is 0.170. The highest BCUT2D eigenvalue weighted by Crippen LogP contribution is 2.23. The summed E-state index contributed by atoms with van der Waals surface area (Å²) in [4.78, 5) is 28.3. The molecule has 0 amide bonds. The lowest BCUT2D eigenvalue weighted by Gasteiger charge is -2.14. The van der Waals surface area contributed by atoms with Gasteiger partial charge in [0, 0.05) is 17.5 Å². The summed E-state index contributed by atoms with van der Waals surface area (Å²) in [5, 5.41) is 13.3. The number of carboxylic acids is 1. The highest BCUT2D eigenvalue weighted by atomic mass is 16.4. The lowest BCUT2D eigenvalue weighted by Crippen LogP contribution is -2.19. The largest absolute Gasteiger partial charge is 0.478 e. The Kier molecular flexibility index (Phi) is 4.16. The predicted octanol–water partition coefficient (Wildman–Crippen LogP) is 3.44. The highest BCUT2D eigenvalue weighted by Gasteiger charge is 2.15. The lowest BCUT2D eigenvalue weighted by molar-refractivity contribution is 0.0699. The van der Waals surface area contributed by atoms with Gasteiger partial charge in [-0.15, -0.1) is 0 Å². The standard InChI is InChI=1S/C20H19N3O3/c24-19-11-9-15-16(20(25)26)6-3-7-17(15)23(19)14-8-10-18(21-12-14)22-13-4-1-2-5-13/h3,6-13H,1-2,4-5H2,(H,21,22)(H,25,26). The third kappa shape index (κ3) is 2.94. The van der Waals surface area contributed by atoms with Crippen molar-refractivity contribution in [3.8, 4) is 5.69 Å². The molecule has 0 saturated heterocycles. The van der Waals surface area contributed by atoms with Crippen LogP contribution in [0.25, 0.3) is 16.6 Å². The summed E-state index contributed by atoms with van der Waals surface area (Å²) in [7, 11) is 0. The molecule has 0 aliphatic heterocycles. The van der Waals surface area contributed by atoms with Crippen LogP contribution in [0.4, 0.5) is 5.82 Å². The van der Waals surface area contributed by atoms with E-state index in [4.69, 9.17) is 0 Å². The number of aromatic nitrogens is 2. The molecule has 1 saturated carbocycles. The Labute approximate surface area is 150 Å². The van der Waals surface area contributed by atoms with Gasteiger partial charge in [0.25, 0.3) is 5.56 Å². The maximum absolute atomic E-state index is 12.5. The zero-order chi connectivity index (χ0) is 18.1. The summed E-state index contributed by atoms with van der Waals surface area (Å²) in [6, 6.07) is 12.0. The number of anilines is 1. The van der Waals surface area contributed by atoms with Crippen molar-refractivity contribution in [1.29, 1.82) is 0 Å². The Morgan fingerprint density at radius 2 is 1.92 bits per heavy atom. The third-order valence-corrected chi connectivity index (χ3v) is 4.88. The van der Waals surface area contributed by atoms with Crippen molar-refractivity contribution < 1.29 is 9.90 Å². The van der Waals surface area contributed by atoms with Crippen LogP contribution >= 0.6 is 0 Å². The second kappa shape index (κ2) is 6.63. The van der Waals surface area contributed by atoms with Gasteiger partial charge in [-0.05, 0) is 43.2 Å². The zero-order valence-corrected chi connectivity index (χ0v) is 14.2. The average molecular weight is 349 g/mol. The van der Waals surface area contributed by atoms with Gasteiger partial charge in [-0.2, -0.15) is 0 Å². The first-order valence-corrected chi connectivity index (χ1v) is 8.74. The number of aromatic carboxylic acids is 1. The maximum Gasteiger partial charge on any atom is 0.336 e. The quantitative estimate of drug-likeness (QED) is 0.754. The van der Waals surface area contributed by atoms with Crippen molar-refractivity contribution in [1.82, 2.24) is 9.55 Å². The zero-order valence-electron chi connectivity index (χ0n) is 14.2. The Hall–Kier alpha value is -3.15. The molecule has 4 rings (SSSR count). The van der Waals surface area contributed by atoms with E-state index in [1.54, 1.807) is 24.4 Å². The van der Waals surface area contributed by atoms with E-state index >= 15 is 0 Å². The topological polar surface area (TPSA) is 84.2 Å². The van der Waals surface area contributed by atoms with Crippen LogP contribution in [-0.2, 0) is 0 Å². The Bertz CT molecular complexity index is 1020. The number of pyridine rings is 2. The van der Waals surface area contributed by atoms with E-state index < -0.39 is 5.97 Å². The van der Waals surface area contributed by atoms with Crippen LogP contribution in [-0.4, -0.2) is 26.7 Å². The molecule has 132 valence electrons. The van der Waals surface area contributed by atoms with Crippen LogP contribution in [0, 0.1) is 0 Å². The fourth-order valence-corrected chi connectivity index (χ4v) is 3.61. The van der Waals surface area contributed by atoms with Gasteiger partial charge in [-0.1, -0.05) is 18.9 Å². The van der Waals surface area contributed by atoms with E-state index in [1.807, 2.05) is 12.1 Å². The van der Waals surface area contributed by atoms with Crippen LogP contribution < -0.4 is 10.9 Å². The minimum atomic E-state index is -1.02. The van der Waals surface area contributed by atoms with Gasteiger partial charge in [0.15, 0.2) is 0 Å². The fourth-order valence-electron chi connectivity index (χ4n) is 3.61. The van der Waals surface area contributed by atoms with E-state index in [1.165, 1.54) is 29.5 Å². The maximum atomic E-state index is 12.5. The molecule has 1 fully saturated rings. The number of nitrogens with one attached hydrogen (secondary N) is 1. The summed E-state index contributed by atoms with van der Waals surface area (Å²) in [6.45, 7) is 0. The molecule has 0 bridgehead atoms. The first kappa shape index (κ1) is 16.3. The van der Waals surface area contributed by atoms with E-state index in [0.29, 0.717) is 22.6 Å². The molecule has 0 atom stereocenters. The van der Waals surface area contributed by atoms with Gasteiger partial charge in [0.1, 0.15) is 5.82 Å². The number of fused-ring (bicyclic) bond motifs is 1. The van der Waals surface area contributed by atoms with Crippen molar-refractivity contribution in [3.63, 3.8) is 0 Å². The first-order chi connectivity index (χ1) is 12.6. The highest BCUT2D eigenvalue weighted by molar-refractivity contribution is 6.02. The van der Waals surface area contributed by atoms with E-state index in [9.17, 15) is 14.7 Å². The van der Waals surface area contributed by atoms with Crippen LogP contribution in [0.3, 0.4) is 0 Å². The van der Waals surface area contributed by atoms with Crippen molar-refractivity contribution >= 4 is 22.7 Å². The second-order valence-electron chi connectivity index (χ2n) is 6.58. The predicted molar refractivity (Wildman–Crippen MR) is 100 cm³/mol. The van der Waals surface area contributed by atoms with Gasteiger partial charge < -0.3 is 10.4 Å². The molecule has 0 radical (unpaired) electrons. The van der Waals surface area contributed by atoms with E-state index in [-0.39, 0.29) is 11.1 Å². The molecule has 0 unspecified atom stereocenters. The normalized spacial score (nSPS) is 14.6. The molecule has 2 aromatic heterocycles. The summed E-state index contributed by atoms with van der Waals surface area (Å²) in [5.41, 5.74) is 1.11. The van der Waals surface area contributed by atoms with E-state index in [2.05, 4.69) is 10.3 Å². The molecule has 6 heteroatoms. The number of hydrogen-bond donors (Lipinski definition) is 2. The molecule has 1 aliphatic carbocycles. The van der Waals surface area contributed by atoms with Crippen molar-refractivity contribution in [2.45, 2.75) is 31.7 Å². The van der Waals surface area contributed by atoms with Crippen LogP contribution in [0.2, 0.25) is 0 Å². The number of hydrogen-bond acceptors (Lipinski definition) is 4.